The van der Waals surface area contributed by atoms with Gasteiger partial charge in [-0.05, 0) is 55.3 Å². The van der Waals surface area contributed by atoms with E-state index < -0.39 is 17.6 Å². The van der Waals surface area contributed by atoms with Crippen molar-refractivity contribution >= 4 is 17.5 Å². The number of nitrogens with zero attached hydrogens (tertiary/aromatic N) is 1. The van der Waals surface area contributed by atoms with E-state index in [1.807, 2.05) is 32.0 Å². The van der Waals surface area contributed by atoms with E-state index in [0.29, 0.717) is 17.6 Å². The van der Waals surface area contributed by atoms with Gasteiger partial charge in [0.15, 0.2) is 0 Å². The Morgan fingerprint density at radius 2 is 1.62 bits per heavy atom. The molecule has 0 aliphatic rings. The molecule has 166 valence electrons. The number of aromatic nitrogens is 1. The topological polar surface area (TPSA) is 80.3 Å². The molecule has 0 aliphatic carbocycles. The predicted octanol–water partition coefficient (Wildman–Crippen LogP) is 4.88. The van der Waals surface area contributed by atoms with E-state index >= 15 is 0 Å². The third-order valence-electron chi connectivity index (χ3n) is 4.56. The molecule has 0 radical (unpaired) electrons. The number of hydrogen-bond donors (Lipinski definition) is 2. The molecule has 3 rings (SSSR count). The summed E-state index contributed by atoms with van der Waals surface area (Å²) in [7, 11) is 0. The number of halogens is 3. The number of rotatable bonds is 6. The number of carbonyl (C=O) groups is 2. The van der Waals surface area contributed by atoms with Crippen molar-refractivity contribution in [1.82, 2.24) is 10.3 Å². The summed E-state index contributed by atoms with van der Waals surface area (Å²) in [6, 6.07) is 13.5. The van der Waals surface area contributed by atoms with Crippen LogP contribution < -0.4 is 15.4 Å². The molecular formula is C23H20F3N3O3. The Bertz CT molecular complexity index is 1090. The molecule has 0 atom stereocenters. The quantitative estimate of drug-likeness (QED) is 0.569. The maximum absolute atomic E-state index is 12.6. The number of ether oxygens (including phenoxy) is 1. The molecule has 1 heterocycles. The normalized spacial score (nSPS) is 11.0. The second-order valence-electron chi connectivity index (χ2n) is 7.01. The predicted molar refractivity (Wildman–Crippen MR) is 113 cm³/mol. The van der Waals surface area contributed by atoms with E-state index in [9.17, 15) is 22.8 Å². The Kier molecular flexibility index (Phi) is 6.77. The van der Waals surface area contributed by atoms with Gasteiger partial charge in [-0.15, -0.1) is 0 Å². The Labute approximate surface area is 182 Å². The van der Waals surface area contributed by atoms with Crippen molar-refractivity contribution < 1.29 is 27.5 Å². The van der Waals surface area contributed by atoms with Crippen LogP contribution in [0, 0.1) is 13.8 Å². The zero-order valence-electron chi connectivity index (χ0n) is 17.3. The molecule has 0 spiro atoms. The fraction of sp³-hybridized carbons (Fsp3) is 0.174. The van der Waals surface area contributed by atoms with Gasteiger partial charge in [-0.3, -0.25) is 9.59 Å². The lowest BCUT2D eigenvalue weighted by Gasteiger charge is -2.12. The van der Waals surface area contributed by atoms with Crippen molar-refractivity contribution in [2.75, 3.05) is 11.9 Å². The largest absolute Gasteiger partial charge is 0.439 e. The van der Waals surface area contributed by atoms with Crippen LogP contribution in [0.15, 0.2) is 60.8 Å². The number of carbonyl (C=O) groups excluding carboxylic acids is 2. The van der Waals surface area contributed by atoms with Crippen LogP contribution in [-0.2, 0) is 11.0 Å². The molecule has 0 saturated carbocycles. The molecule has 2 aromatic carbocycles. The van der Waals surface area contributed by atoms with E-state index in [0.717, 1.165) is 23.3 Å². The minimum atomic E-state index is -4.48. The summed E-state index contributed by atoms with van der Waals surface area (Å²) in [5.41, 5.74) is 1.96. The molecule has 2 N–H and O–H groups in total. The molecule has 6 nitrogen and oxygen atoms in total. The highest BCUT2D eigenvalue weighted by Crippen LogP contribution is 2.30. The lowest BCUT2D eigenvalue weighted by Crippen LogP contribution is -2.33. The number of amides is 2. The molecule has 0 saturated heterocycles. The highest BCUT2D eigenvalue weighted by Gasteiger charge is 2.30. The first kappa shape index (κ1) is 22.8. The third kappa shape index (κ3) is 5.84. The van der Waals surface area contributed by atoms with Crippen LogP contribution in [0.3, 0.4) is 0 Å². The van der Waals surface area contributed by atoms with Gasteiger partial charge < -0.3 is 15.4 Å². The average molecular weight is 443 g/mol. The Hall–Kier alpha value is -3.88. The molecule has 2 amide bonds. The van der Waals surface area contributed by atoms with Gasteiger partial charge in [0.05, 0.1) is 12.1 Å². The zero-order valence-corrected chi connectivity index (χ0v) is 17.3. The average Bonchev–Trinajstić information content (AvgIpc) is 2.75. The van der Waals surface area contributed by atoms with Gasteiger partial charge in [0.25, 0.3) is 5.91 Å². The fourth-order valence-electron chi connectivity index (χ4n) is 2.86. The van der Waals surface area contributed by atoms with Crippen molar-refractivity contribution in [3.05, 3.63) is 83.0 Å². The number of alkyl halides is 3. The minimum Gasteiger partial charge on any atom is -0.439 e. The van der Waals surface area contributed by atoms with Crippen LogP contribution >= 0.6 is 0 Å². The summed E-state index contributed by atoms with van der Waals surface area (Å²) in [6.07, 6.45) is -3.79. The minimum absolute atomic E-state index is 0.0154. The second-order valence-corrected chi connectivity index (χ2v) is 7.01. The van der Waals surface area contributed by atoms with Crippen molar-refractivity contribution in [2.45, 2.75) is 20.0 Å². The molecule has 0 bridgehead atoms. The van der Waals surface area contributed by atoms with E-state index in [-0.39, 0.29) is 23.9 Å². The smallest absolute Gasteiger partial charge is 0.417 e. The molecular weight excluding hydrogens is 423 g/mol. The summed E-state index contributed by atoms with van der Waals surface area (Å²) in [5.74, 6) is -0.537. The summed E-state index contributed by atoms with van der Waals surface area (Å²) >= 11 is 0. The van der Waals surface area contributed by atoms with Gasteiger partial charge >= 0.3 is 6.18 Å². The number of hydrogen-bond acceptors (Lipinski definition) is 4. The SMILES string of the molecule is Cc1cccc(C)c1NC(=O)CNC(=O)c1ccc(Oc2ccc(C(F)(F)F)cn2)cc1. The van der Waals surface area contributed by atoms with Crippen LogP contribution in [0.5, 0.6) is 11.6 Å². The van der Waals surface area contributed by atoms with E-state index in [1.54, 1.807) is 0 Å². The van der Waals surface area contributed by atoms with Gasteiger partial charge in [-0.2, -0.15) is 13.2 Å². The van der Waals surface area contributed by atoms with Gasteiger partial charge in [-0.1, -0.05) is 18.2 Å². The monoisotopic (exact) mass is 443 g/mol. The molecule has 3 aromatic rings. The van der Waals surface area contributed by atoms with Crippen LogP contribution in [-0.4, -0.2) is 23.3 Å². The Morgan fingerprint density at radius 1 is 0.969 bits per heavy atom. The highest BCUT2D eigenvalue weighted by atomic mass is 19.4. The van der Waals surface area contributed by atoms with Crippen molar-refractivity contribution in [2.24, 2.45) is 0 Å². The molecule has 0 fully saturated rings. The number of anilines is 1. The number of aryl methyl sites for hydroxylation is 2. The first-order chi connectivity index (χ1) is 15.1. The molecule has 9 heteroatoms. The lowest BCUT2D eigenvalue weighted by atomic mass is 10.1. The van der Waals surface area contributed by atoms with E-state index in [4.69, 9.17) is 4.74 Å². The lowest BCUT2D eigenvalue weighted by molar-refractivity contribution is -0.137. The van der Waals surface area contributed by atoms with Gasteiger partial charge in [0.2, 0.25) is 11.8 Å². The van der Waals surface area contributed by atoms with Crippen molar-refractivity contribution in [1.29, 1.82) is 0 Å². The number of para-hydroxylation sites is 1. The van der Waals surface area contributed by atoms with Crippen molar-refractivity contribution in [3.8, 4) is 11.6 Å². The molecule has 0 unspecified atom stereocenters. The fourth-order valence-corrected chi connectivity index (χ4v) is 2.86. The van der Waals surface area contributed by atoms with Gasteiger partial charge in [0, 0.05) is 23.5 Å². The number of benzene rings is 2. The molecule has 1 aromatic heterocycles. The summed E-state index contributed by atoms with van der Waals surface area (Å²) < 4.78 is 43.1. The molecule has 32 heavy (non-hydrogen) atoms. The Morgan fingerprint density at radius 3 is 2.19 bits per heavy atom. The standard InChI is InChI=1S/C23H20F3N3O3/c1-14-4-3-5-15(2)21(14)29-19(30)13-28-22(31)16-6-9-18(10-7-16)32-20-11-8-17(12-27-20)23(24,25)26/h3-12H,13H2,1-2H3,(H,28,31)(H,29,30). The van der Waals surface area contributed by atoms with Gasteiger partial charge in [0.1, 0.15) is 5.75 Å². The van der Waals surface area contributed by atoms with E-state index in [2.05, 4.69) is 15.6 Å². The van der Waals surface area contributed by atoms with Crippen LogP contribution in [0.1, 0.15) is 27.0 Å². The second kappa shape index (κ2) is 9.51. The summed E-state index contributed by atoms with van der Waals surface area (Å²) in [5, 5.41) is 5.32. The third-order valence-corrected chi connectivity index (χ3v) is 4.56. The number of nitrogens with one attached hydrogen (secondary N) is 2. The summed E-state index contributed by atoms with van der Waals surface area (Å²) in [6.45, 7) is 3.55. The van der Waals surface area contributed by atoms with E-state index in [1.165, 1.54) is 24.3 Å². The summed E-state index contributed by atoms with van der Waals surface area (Å²) in [4.78, 5) is 28.1. The van der Waals surface area contributed by atoms with Crippen LogP contribution in [0.4, 0.5) is 18.9 Å². The number of pyridine rings is 1. The first-order valence-electron chi connectivity index (χ1n) is 9.59. The first-order valence-corrected chi connectivity index (χ1v) is 9.59. The maximum Gasteiger partial charge on any atom is 0.417 e. The Balaban J connectivity index is 1.54. The van der Waals surface area contributed by atoms with Crippen LogP contribution in [0.25, 0.3) is 0 Å². The molecule has 0 aliphatic heterocycles. The maximum atomic E-state index is 12.6. The van der Waals surface area contributed by atoms with Gasteiger partial charge in [-0.25, -0.2) is 4.98 Å². The van der Waals surface area contributed by atoms with Crippen molar-refractivity contribution in [3.63, 3.8) is 0 Å². The highest BCUT2D eigenvalue weighted by molar-refractivity contribution is 5.99. The van der Waals surface area contributed by atoms with Crippen LogP contribution in [0.2, 0.25) is 0 Å². The zero-order chi connectivity index (χ0) is 23.3.